The van der Waals surface area contributed by atoms with E-state index in [0.29, 0.717) is 15.1 Å². The number of rotatable bonds is 5. The highest BCUT2D eigenvalue weighted by Gasteiger charge is 2.20. The molecule has 3 heterocycles. The van der Waals surface area contributed by atoms with Crippen molar-refractivity contribution in [3.63, 3.8) is 0 Å². The van der Waals surface area contributed by atoms with Crippen LogP contribution in [0.4, 0.5) is 0 Å². The molecule has 6 heteroatoms. The molecule has 1 aliphatic rings. The Morgan fingerprint density at radius 2 is 2.14 bits per heavy atom. The highest BCUT2D eigenvalue weighted by Crippen LogP contribution is 2.22. The van der Waals surface area contributed by atoms with Crippen LogP contribution in [0.1, 0.15) is 28.1 Å². The van der Waals surface area contributed by atoms with Crippen molar-refractivity contribution in [3.05, 3.63) is 43.7 Å². The average Bonchev–Trinajstić information content (AvgIpc) is 3.18. The number of hydrogen-bond donors (Lipinski definition) is 1. The lowest BCUT2D eigenvalue weighted by Crippen LogP contribution is -2.38. The molecule has 0 bridgehead atoms. The second-order valence-electron chi connectivity index (χ2n) is 5.66. The van der Waals surface area contributed by atoms with E-state index in [1.165, 1.54) is 16.9 Å². The summed E-state index contributed by atoms with van der Waals surface area (Å²) >= 11 is 8.95. The molecular weight excluding hydrogens is 336 g/mol. The summed E-state index contributed by atoms with van der Waals surface area (Å²) in [7, 11) is 0. The Bertz CT molecular complexity index is 603. The van der Waals surface area contributed by atoms with Crippen molar-refractivity contribution in [2.75, 3.05) is 19.6 Å². The van der Waals surface area contributed by atoms with Gasteiger partial charge < -0.3 is 5.32 Å². The van der Waals surface area contributed by atoms with Crippen LogP contribution in [0.5, 0.6) is 0 Å². The molecule has 1 aliphatic heterocycles. The number of nitrogens with one attached hydrogen (secondary N) is 1. The van der Waals surface area contributed by atoms with Gasteiger partial charge in [-0.05, 0) is 66.4 Å². The molecule has 0 spiro atoms. The molecule has 3 nitrogen and oxygen atoms in total. The van der Waals surface area contributed by atoms with Gasteiger partial charge in [-0.2, -0.15) is 11.3 Å². The van der Waals surface area contributed by atoms with E-state index in [4.69, 9.17) is 11.6 Å². The van der Waals surface area contributed by atoms with Crippen LogP contribution in [0.3, 0.4) is 0 Å². The van der Waals surface area contributed by atoms with E-state index in [1.807, 2.05) is 0 Å². The molecule has 1 amide bonds. The van der Waals surface area contributed by atoms with Gasteiger partial charge in [0.15, 0.2) is 0 Å². The summed E-state index contributed by atoms with van der Waals surface area (Å²) in [6.45, 7) is 4.04. The molecule has 22 heavy (non-hydrogen) atoms. The Morgan fingerprint density at radius 1 is 1.32 bits per heavy atom. The largest absolute Gasteiger partial charge is 0.351 e. The van der Waals surface area contributed by atoms with Gasteiger partial charge in [-0.25, -0.2) is 0 Å². The maximum Gasteiger partial charge on any atom is 0.261 e. The average molecular weight is 355 g/mol. The minimum Gasteiger partial charge on any atom is -0.351 e. The van der Waals surface area contributed by atoms with Crippen molar-refractivity contribution in [2.45, 2.75) is 19.4 Å². The van der Waals surface area contributed by atoms with Crippen molar-refractivity contribution >= 4 is 40.2 Å². The molecule has 0 aromatic carbocycles. The molecule has 2 aromatic rings. The maximum absolute atomic E-state index is 12.0. The van der Waals surface area contributed by atoms with Gasteiger partial charge in [-0.3, -0.25) is 9.69 Å². The number of carbonyl (C=O) groups is 1. The second kappa shape index (κ2) is 7.59. The Hall–Kier alpha value is -0.880. The zero-order valence-electron chi connectivity index (χ0n) is 12.3. The molecule has 118 valence electrons. The molecule has 0 unspecified atom stereocenters. The van der Waals surface area contributed by atoms with Crippen LogP contribution in [-0.4, -0.2) is 30.4 Å². The zero-order chi connectivity index (χ0) is 15.4. The number of piperidine rings is 1. The van der Waals surface area contributed by atoms with Crippen molar-refractivity contribution in [1.29, 1.82) is 0 Å². The lowest BCUT2D eigenvalue weighted by Gasteiger charge is -2.31. The van der Waals surface area contributed by atoms with E-state index >= 15 is 0 Å². The Morgan fingerprint density at radius 3 is 2.77 bits per heavy atom. The number of nitrogens with zero attached hydrogens (tertiary/aromatic N) is 1. The van der Waals surface area contributed by atoms with E-state index in [1.54, 1.807) is 23.5 Å². The summed E-state index contributed by atoms with van der Waals surface area (Å²) in [4.78, 5) is 15.2. The highest BCUT2D eigenvalue weighted by molar-refractivity contribution is 7.18. The molecule has 1 fully saturated rings. The SMILES string of the molecule is O=C(NCC1CCN(Cc2ccsc2)CC1)c1ccc(Cl)s1. The summed E-state index contributed by atoms with van der Waals surface area (Å²) in [6.07, 6.45) is 2.30. The molecule has 0 saturated carbocycles. The minimum atomic E-state index is -0.00222. The quantitative estimate of drug-likeness (QED) is 0.876. The number of hydrogen-bond acceptors (Lipinski definition) is 4. The summed E-state index contributed by atoms with van der Waals surface area (Å²) < 4.78 is 0.659. The summed E-state index contributed by atoms with van der Waals surface area (Å²) in [5.74, 6) is 0.579. The summed E-state index contributed by atoms with van der Waals surface area (Å²) in [5.41, 5.74) is 1.41. The van der Waals surface area contributed by atoms with E-state index in [9.17, 15) is 4.79 Å². The third kappa shape index (κ3) is 4.32. The van der Waals surface area contributed by atoms with Crippen molar-refractivity contribution in [3.8, 4) is 0 Å². The van der Waals surface area contributed by atoms with Crippen molar-refractivity contribution in [1.82, 2.24) is 10.2 Å². The van der Waals surface area contributed by atoms with Crippen LogP contribution in [0.15, 0.2) is 29.0 Å². The van der Waals surface area contributed by atoms with E-state index in [2.05, 4.69) is 27.0 Å². The van der Waals surface area contributed by atoms with Crippen LogP contribution < -0.4 is 5.32 Å². The van der Waals surface area contributed by atoms with Gasteiger partial charge in [0.05, 0.1) is 9.21 Å². The first-order valence-corrected chi connectivity index (χ1v) is 9.61. The van der Waals surface area contributed by atoms with Gasteiger partial charge >= 0.3 is 0 Å². The topological polar surface area (TPSA) is 32.3 Å². The molecule has 0 aliphatic carbocycles. The predicted molar refractivity (Wildman–Crippen MR) is 94.0 cm³/mol. The number of likely N-dealkylation sites (tertiary alicyclic amines) is 1. The summed E-state index contributed by atoms with van der Waals surface area (Å²) in [6, 6.07) is 5.75. The van der Waals surface area contributed by atoms with Crippen molar-refractivity contribution in [2.24, 2.45) is 5.92 Å². The molecule has 0 atom stereocenters. The number of amides is 1. The fraction of sp³-hybridized carbons (Fsp3) is 0.438. The first-order valence-electron chi connectivity index (χ1n) is 7.47. The normalized spacial score (nSPS) is 16.8. The monoisotopic (exact) mass is 354 g/mol. The smallest absolute Gasteiger partial charge is 0.261 e. The lowest BCUT2D eigenvalue weighted by molar-refractivity contribution is 0.0939. The van der Waals surface area contributed by atoms with Crippen LogP contribution in [0.2, 0.25) is 4.34 Å². The predicted octanol–water partition coefficient (Wildman–Crippen LogP) is 4.11. The van der Waals surface area contributed by atoms with Crippen molar-refractivity contribution < 1.29 is 4.79 Å². The van der Waals surface area contributed by atoms with Gasteiger partial charge in [-0.15, -0.1) is 11.3 Å². The van der Waals surface area contributed by atoms with Crippen LogP contribution >= 0.6 is 34.3 Å². The van der Waals surface area contributed by atoms with Crippen LogP contribution in [-0.2, 0) is 6.54 Å². The standard InChI is InChI=1S/C16H19ClN2OS2/c17-15-2-1-14(22-15)16(20)18-9-12-3-6-19(7-4-12)10-13-5-8-21-11-13/h1-2,5,8,11-12H,3-4,6-7,9-10H2,(H,18,20). The molecular formula is C16H19ClN2OS2. The first-order chi connectivity index (χ1) is 10.7. The van der Waals surface area contributed by atoms with Crippen LogP contribution in [0.25, 0.3) is 0 Å². The molecule has 3 rings (SSSR count). The maximum atomic E-state index is 12.0. The second-order valence-corrected chi connectivity index (χ2v) is 8.16. The first kappa shape index (κ1) is 16.0. The number of halogens is 1. The molecule has 2 aromatic heterocycles. The third-order valence-corrected chi connectivity index (χ3v) is 6.00. The Balaban J connectivity index is 1.39. The van der Waals surface area contributed by atoms with Gasteiger partial charge in [0.1, 0.15) is 0 Å². The van der Waals surface area contributed by atoms with E-state index in [0.717, 1.165) is 39.0 Å². The zero-order valence-corrected chi connectivity index (χ0v) is 14.6. The minimum absolute atomic E-state index is 0.00222. The fourth-order valence-corrected chi connectivity index (χ4v) is 4.37. The van der Waals surface area contributed by atoms with Gasteiger partial charge in [-0.1, -0.05) is 11.6 Å². The Labute approximate surface area is 143 Å². The highest BCUT2D eigenvalue weighted by atomic mass is 35.5. The van der Waals surface area contributed by atoms with Gasteiger partial charge in [0, 0.05) is 13.1 Å². The third-order valence-electron chi connectivity index (χ3n) is 4.04. The Kier molecular flexibility index (Phi) is 5.52. The molecule has 1 N–H and O–H groups in total. The molecule has 0 radical (unpaired) electrons. The van der Waals surface area contributed by atoms with Gasteiger partial charge in [0.2, 0.25) is 0 Å². The number of carbonyl (C=O) groups excluding carboxylic acids is 1. The van der Waals surface area contributed by atoms with E-state index < -0.39 is 0 Å². The number of thiophene rings is 2. The fourth-order valence-electron chi connectivity index (χ4n) is 2.75. The van der Waals surface area contributed by atoms with Gasteiger partial charge in [0.25, 0.3) is 5.91 Å². The summed E-state index contributed by atoms with van der Waals surface area (Å²) in [5, 5.41) is 7.39. The molecule has 1 saturated heterocycles. The van der Waals surface area contributed by atoms with Crippen LogP contribution in [0, 0.1) is 5.92 Å². The lowest BCUT2D eigenvalue weighted by atomic mass is 9.96. The van der Waals surface area contributed by atoms with E-state index in [-0.39, 0.29) is 5.91 Å².